The van der Waals surface area contributed by atoms with E-state index in [0.29, 0.717) is 28.2 Å². The van der Waals surface area contributed by atoms with E-state index in [1.165, 1.54) is 0 Å². The van der Waals surface area contributed by atoms with Crippen molar-refractivity contribution in [3.8, 4) is 0 Å². The van der Waals surface area contributed by atoms with Crippen LogP contribution in [0.4, 0.5) is 11.6 Å². The van der Waals surface area contributed by atoms with E-state index in [1.54, 1.807) is 13.1 Å². The number of nitrogens with one attached hydrogen (secondary N) is 1. The minimum atomic E-state index is 0.493. The number of halogens is 3. The molecule has 0 aliphatic heterocycles. The number of anilines is 2. The maximum absolute atomic E-state index is 6.21. The second kappa shape index (κ2) is 6.53. The number of hydrogen-bond acceptors (Lipinski definition) is 3. The third-order valence-electron chi connectivity index (χ3n) is 2.87. The summed E-state index contributed by atoms with van der Waals surface area (Å²) in [4.78, 5) is 6.36. The van der Waals surface area contributed by atoms with Gasteiger partial charge in [0.2, 0.25) is 0 Å². The number of aromatic nitrogens is 1. The zero-order valence-corrected chi connectivity index (χ0v) is 13.4. The molecule has 1 N–H and O–H groups in total. The first-order chi connectivity index (χ1) is 9.52. The van der Waals surface area contributed by atoms with Gasteiger partial charge in [0, 0.05) is 25.7 Å². The molecule has 0 unspecified atom stereocenters. The fourth-order valence-electron chi connectivity index (χ4n) is 1.86. The second-order valence-corrected chi connectivity index (χ2v) is 5.54. The molecule has 0 fully saturated rings. The monoisotopic (exact) mass is 329 g/mol. The van der Waals surface area contributed by atoms with Crippen LogP contribution in [0, 0.1) is 0 Å². The Hall–Kier alpha value is -1.16. The van der Waals surface area contributed by atoms with Crippen molar-refractivity contribution in [2.24, 2.45) is 0 Å². The molecule has 0 saturated carbocycles. The Balaban J connectivity index is 2.30. The largest absolute Gasteiger partial charge is 0.372 e. The van der Waals surface area contributed by atoms with Crippen LogP contribution in [0.2, 0.25) is 15.1 Å². The van der Waals surface area contributed by atoms with Crippen LogP contribution in [-0.4, -0.2) is 19.1 Å². The fraction of sp³-hybridized carbons (Fsp3) is 0.214. The summed E-state index contributed by atoms with van der Waals surface area (Å²) in [5, 5.41) is 4.66. The summed E-state index contributed by atoms with van der Waals surface area (Å²) in [5.41, 5.74) is 1.01. The van der Waals surface area contributed by atoms with E-state index in [-0.39, 0.29) is 0 Å². The standard InChI is InChI=1S/C14H14Cl3N3/c1-18-13-11(16)7-12(17)14(19-13)20(2)8-9-5-3-4-6-10(9)15/h3-7H,8H2,1-2H3,(H,18,19). The van der Waals surface area contributed by atoms with Crippen molar-refractivity contribution in [2.75, 3.05) is 24.3 Å². The van der Waals surface area contributed by atoms with Gasteiger partial charge in [-0.05, 0) is 17.7 Å². The zero-order chi connectivity index (χ0) is 14.7. The van der Waals surface area contributed by atoms with Crippen molar-refractivity contribution in [1.82, 2.24) is 4.98 Å². The number of benzene rings is 1. The molecule has 1 aromatic heterocycles. The maximum Gasteiger partial charge on any atom is 0.149 e. The van der Waals surface area contributed by atoms with Gasteiger partial charge in [0.25, 0.3) is 0 Å². The minimum absolute atomic E-state index is 0.493. The van der Waals surface area contributed by atoms with Gasteiger partial charge in [-0.1, -0.05) is 53.0 Å². The lowest BCUT2D eigenvalue weighted by atomic mass is 10.2. The highest BCUT2D eigenvalue weighted by atomic mass is 35.5. The Labute approximate surface area is 133 Å². The lowest BCUT2D eigenvalue weighted by molar-refractivity contribution is 0.899. The first-order valence-corrected chi connectivity index (χ1v) is 7.14. The first-order valence-electron chi connectivity index (χ1n) is 6.01. The fourth-order valence-corrected chi connectivity index (χ4v) is 2.65. The van der Waals surface area contributed by atoms with Gasteiger partial charge in [-0.2, -0.15) is 0 Å². The topological polar surface area (TPSA) is 28.2 Å². The highest BCUT2D eigenvalue weighted by molar-refractivity contribution is 6.37. The molecule has 0 aliphatic carbocycles. The van der Waals surface area contributed by atoms with E-state index in [0.717, 1.165) is 10.6 Å². The Morgan fingerprint density at radius 1 is 1.10 bits per heavy atom. The highest BCUT2D eigenvalue weighted by Crippen LogP contribution is 2.31. The Bertz CT molecular complexity index is 617. The van der Waals surface area contributed by atoms with Gasteiger partial charge in [-0.3, -0.25) is 0 Å². The molecule has 2 aromatic rings. The van der Waals surface area contributed by atoms with Gasteiger partial charge in [-0.25, -0.2) is 4.98 Å². The van der Waals surface area contributed by atoms with Gasteiger partial charge >= 0.3 is 0 Å². The third-order valence-corrected chi connectivity index (χ3v) is 3.81. The number of rotatable bonds is 4. The van der Waals surface area contributed by atoms with E-state index in [2.05, 4.69) is 10.3 Å². The number of nitrogens with zero attached hydrogens (tertiary/aromatic N) is 2. The van der Waals surface area contributed by atoms with Crippen LogP contribution in [0.25, 0.3) is 0 Å². The van der Waals surface area contributed by atoms with Crippen LogP contribution >= 0.6 is 34.8 Å². The SMILES string of the molecule is CNc1nc(N(C)Cc2ccccc2Cl)c(Cl)cc1Cl. The summed E-state index contributed by atoms with van der Waals surface area (Å²) in [7, 11) is 3.67. The first kappa shape index (κ1) is 15.2. The molecule has 0 spiro atoms. The van der Waals surface area contributed by atoms with Crippen LogP contribution < -0.4 is 10.2 Å². The van der Waals surface area contributed by atoms with Crippen molar-refractivity contribution >= 4 is 46.4 Å². The van der Waals surface area contributed by atoms with Crippen LogP contribution in [0.5, 0.6) is 0 Å². The lowest BCUT2D eigenvalue weighted by Gasteiger charge is -2.21. The number of hydrogen-bond donors (Lipinski definition) is 1. The third kappa shape index (κ3) is 3.29. The summed E-state index contributed by atoms with van der Waals surface area (Å²) in [6.45, 7) is 0.608. The van der Waals surface area contributed by atoms with Gasteiger partial charge in [0.1, 0.15) is 11.6 Å². The molecule has 6 heteroatoms. The van der Waals surface area contributed by atoms with Gasteiger partial charge in [0.15, 0.2) is 0 Å². The summed E-state index contributed by atoms with van der Waals surface area (Å²) >= 11 is 18.4. The summed E-state index contributed by atoms with van der Waals surface area (Å²) in [6.07, 6.45) is 0. The molecule has 0 aliphatic rings. The average molecular weight is 331 g/mol. The molecular formula is C14H14Cl3N3. The van der Waals surface area contributed by atoms with Crippen molar-refractivity contribution in [2.45, 2.75) is 6.54 Å². The van der Waals surface area contributed by atoms with Crippen LogP contribution in [0.3, 0.4) is 0 Å². The molecule has 2 rings (SSSR count). The summed E-state index contributed by atoms with van der Waals surface area (Å²) in [6, 6.07) is 9.37. The minimum Gasteiger partial charge on any atom is -0.372 e. The number of pyridine rings is 1. The van der Waals surface area contributed by atoms with Gasteiger partial charge in [-0.15, -0.1) is 0 Å². The molecule has 0 bridgehead atoms. The van der Waals surface area contributed by atoms with Crippen molar-refractivity contribution in [1.29, 1.82) is 0 Å². The smallest absolute Gasteiger partial charge is 0.149 e. The summed E-state index contributed by atoms with van der Waals surface area (Å²) in [5.74, 6) is 1.25. The Kier molecular flexibility index (Phi) is 4.97. The maximum atomic E-state index is 6.21. The molecule has 1 heterocycles. The predicted molar refractivity (Wildman–Crippen MR) is 87.4 cm³/mol. The highest BCUT2D eigenvalue weighted by Gasteiger charge is 2.13. The van der Waals surface area contributed by atoms with Crippen molar-refractivity contribution in [3.63, 3.8) is 0 Å². The van der Waals surface area contributed by atoms with E-state index < -0.39 is 0 Å². The van der Waals surface area contributed by atoms with Crippen LogP contribution in [0.1, 0.15) is 5.56 Å². The summed E-state index contributed by atoms with van der Waals surface area (Å²) < 4.78 is 0. The van der Waals surface area contributed by atoms with Crippen LogP contribution in [0.15, 0.2) is 30.3 Å². The zero-order valence-electron chi connectivity index (χ0n) is 11.1. The normalized spacial score (nSPS) is 10.4. The lowest BCUT2D eigenvalue weighted by Crippen LogP contribution is -2.19. The second-order valence-electron chi connectivity index (χ2n) is 4.32. The van der Waals surface area contributed by atoms with E-state index in [4.69, 9.17) is 34.8 Å². The van der Waals surface area contributed by atoms with Gasteiger partial charge < -0.3 is 10.2 Å². The molecule has 0 saturated heterocycles. The average Bonchev–Trinajstić information content (AvgIpc) is 2.41. The van der Waals surface area contributed by atoms with E-state index in [1.807, 2.05) is 36.2 Å². The molecule has 3 nitrogen and oxygen atoms in total. The Morgan fingerprint density at radius 2 is 1.80 bits per heavy atom. The van der Waals surface area contributed by atoms with E-state index in [9.17, 15) is 0 Å². The molecule has 1 aromatic carbocycles. The predicted octanol–water partition coefficient (Wildman–Crippen LogP) is 4.72. The molecule has 106 valence electrons. The van der Waals surface area contributed by atoms with Crippen molar-refractivity contribution < 1.29 is 0 Å². The quantitative estimate of drug-likeness (QED) is 0.879. The Morgan fingerprint density at radius 3 is 2.45 bits per heavy atom. The van der Waals surface area contributed by atoms with Crippen LogP contribution in [-0.2, 0) is 6.54 Å². The molecule has 0 amide bonds. The van der Waals surface area contributed by atoms with Crippen molar-refractivity contribution in [3.05, 3.63) is 51.0 Å². The molecular weight excluding hydrogens is 317 g/mol. The molecule has 20 heavy (non-hydrogen) atoms. The van der Waals surface area contributed by atoms with Gasteiger partial charge in [0.05, 0.1) is 10.0 Å². The van der Waals surface area contributed by atoms with E-state index >= 15 is 0 Å². The molecule has 0 atom stereocenters. The molecule has 0 radical (unpaired) electrons.